The third kappa shape index (κ3) is 3.20. The van der Waals surface area contributed by atoms with Crippen LogP contribution in [0.4, 0.5) is 4.39 Å². The van der Waals surface area contributed by atoms with Gasteiger partial charge in [0, 0.05) is 12.5 Å². The molecule has 0 spiro atoms. The van der Waals surface area contributed by atoms with Gasteiger partial charge in [-0.3, -0.25) is 9.59 Å². The van der Waals surface area contributed by atoms with E-state index in [9.17, 15) is 19.1 Å². The number of benzene rings is 2. The molecule has 0 aromatic heterocycles. The monoisotopic (exact) mass is 318 g/mol. The third-order valence-electron chi connectivity index (χ3n) is 3.38. The molecule has 114 valence electrons. The van der Waals surface area contributed by atoms with E-state index in [2.05, 4.69) is 0 Å². The maximum absolute atomic E-state index is 13.8. The molecule has 2 aromatic rings. The minimum Gasteiger partial charge on any atom is -0.480 e. The van der Waals surface area contributed by atoms with Crippen LogP contribution in [0.1, 0.15) is 19.4 Å². The lowest BCUT2D eigenvalue weighted by atomic mass is 9.96. The van der Waals surface area contributed by atoms with Crippen molar-refractivity contribution in [3.05, 3.63) is 59.9 Å². The van der Waals surface area contributed by atoms with Crippen LogP contribution in [-0.4, -0.2) is 16.2 Å². The van der Waals surface area contributed by atoms with E-state index in [0.29, 0.717) is 16.7 Å². The predicted molar refractivity (Wildman–Crippen MR) is 85.1 cm³/mol. The molecule has 3 nitrogen and oxygen atoms in total. The Hall–Kier alpha value is -2.14. The molecule has 2 rings (SSSR count). The normalized spacial score (nSPS) is 13.4. The zero-order chi connectivity index (χ0) is 16.3. The molecule has 0 amide bonds. The molecule has 0 saturated carbocycles. The molecule has 2 aromatic carbocycles. The van der Waals surface area contributed by atoms with Crippen LogP contribution >= 0.6 is 11.8 Å². The van der Waals surface area contributed by atoms with Crippen molar-refractivity contribution in [2.75, 3.05) is 0 Å². The molecule has 0 heterocycles. The molecule has 0 radical (unpaired) electrons. The van der Waals surface area contributed by atoms with E-state index >= 15 is 0 Å². The zero-order valence-electron chi connectivity index (χ0n) is 12.2. The fourth-order valence-electron chi connectivity index (χ4n) is 2.18. The van der Waals surface area contributed by atoms with Gasteiger partial charge in [-0.05, 0) is 24.1 Å². The summed E-state index contributed by atoms with van der Waals surface area (Å²) in [5.74, 6) is -1.43. The van der Waals surface area contributed by atoms with Gasteiger partial charge < -0.3 is 5.11 Å². The van der Waals surface area contributed by atoms with Crippen LogP contribution in [0, 0.1) is 5.82 Å². The Morgan fingerprint density at radius 3 is 2.18 bits per heavy atom. The Bertz CT molecular complexity index is 712. The molecule has 1 atom stereocenters. The minimum absolute atomic E-state index is 0.275. The SMILES string of the molecule is CC(=O)SC(C)(C(=O)O)c1ccc(-c2ccccc2F)cc1. The average Bonchev–Trinajstić information content (AvgIpc) is 2.47. The van der Waals surface area contributed by atoms with Crippen molar-refractivity contribution < 1.29 is 19.1 Å². The highest BCUT2D eigenvalue weighted by Crippen LogP contribution is 2.38. The van der Waals surface area contributed by atoms with E-state index in [4.69, 9.17) is 0 Å². The minimum atomic E-state index is -1.36. The highest BCUT2D eigenvalue weighted by atomic mass is 32.2. The van der Waals surface area contributed by atoms with E-state index in [0.717, 1.165) is 11.8 Å². The summed E-state index contributed by atoms with van der Waals surface area (Å²) in [5, 5.41) is 9.16. The van der Waals surface area contributed by atoms with Crippen LogP contribution < -0.4 is 0 Å². The van der Waals surface area contributed by atoms with Crippen LogP contribution in [0.25, 0.3) is 11.1 Å². The van der Waals surface area contributed by atoms with Gasteiger partial charge >= 0.3 is 5.97 Å². The molecule has 0 aliphatic heterocycles. The van der Waals surface area contributed by atoms with Crippen molar-refractivity contribution in [1.29, 1.82) is 0 Å². The number of carboxylic acids is 1. The number of hydrogen-bond donors (Lipinski definition) is 1. The lowest BCUT2D eigenvalue weighted by Crippen LogP contribution is -2.29. The van der Waals surface area contributed by atoms with E-state index in [1.165, 1.54) is 19.9 Å². The Morgan fingerprint density at radius 2 is 1.68 bits per heavy atom. The second-order valence-electron chi connectivity index (χ2n) is 4.99. The van der Waals surface area contributed by atoms with Crippen LogP contribution in [-0.2, 0) is 14.3 Å². The molecule has 0 aliphatic rings. The number of carbonyl (C=O) groups is 2. The molecule has 1 unspecified atom stereocenters. The third-order valence-corrected chi connectivity index (χ3v) is 4.48. The Morgan fingerprint density at radius 1 is 1.09 bits per heavy atom. The second-order valence-corrected chi connectivity index (χ2v) is 6.58. The molecule has 0 saturated heterocycles. The van der Waals surface area contributed by atoms with Gasteiger partial charge in [0.1, 0.15) is 10.6 Å². The molecule has 0 fully saturated rings. The summed E-state index contributed by atoms with van der Waals surface area (Å²) in [6.07, 6.45) is 0. The summed E-state index contributed by atoms with van der Waals surface area (Å²) in [4.78, 5) is 22.9. The van der Waals surface area contributed by atoms with E-state index in [-0.39, 0.29) is 10.9 Å². The Balaban J connectivity index is 2.41. The quantitative estimate of drug-likeness (QED) is 0.923. The van der Waals surface area contributed by atoms with Crippen LogP contribution in [0.3, 0.4) is 0 Å². The average molecular weight is 318 g/mol. The van der Waals surface area contributed by atoms with E-state index < -0.39 is 10.7 Å². The van der Waals surface area contributed by atoms with Gasteiger partial charge in [0.25, 0.3) is 0 Å². The van der Waals surface area contributed by atoms with Crippen molar-refractivity contribution >= 4 is 22.8 Å². The molecule has 22 heavy (non-hydrogen) atoms. The maximum atomic E-state index is 13.8. The predicted octanol–water partition coefficient (Wildman–Crippen LogP) is 4.07. The Labute approximate surface area is 132 Å². The number of halogens is 1. The van der Waals surface area contributed by atoms with Crippen molar-refractivity contribution in [2.45, 2.75) is 18.6 Å². The summed E-state index contributed by atoms with van der Waals surface area (Å²) >= 11 is 0.755. The number of aliphatic carboxylic acids is 1. The maximum Gasteiger partial charge on any atom is 0.324 e. The van der Waals surface area contributed by atoms with Crippen molar-refractivity contribution in [3.8, 4) is 11.1 Å². The van der Waals surface area contributed by atoms with E-state index in [1.54, 1.807) is 42.5 Å². The molecule has 5 heteroatoms. The van der Waals surface area contributed by atoms with Crippen molar-refractivity contribution in [2.24, 2.45) is 0 Å². The number of carbonyl (C=O) groups excluding carboxylic acids is 1. The van der Waals surface area contributed by atoms with Gasteiger partial charge in [-0.1, -0.05) is 54.2 Å². The summed E-state index contributed by atoms with van der Waals surface area (Å²) in [5.41, 5.74) is 1.59. The first-order valence-electron chi connectivity index (χ1n) is 6.63. The summed E-state index contributed by atoms with van der Waals surface area (Å²) in [7, 11) is 0. The van der Waals surface area contributed by atoms with Gasteiger partial charge in [-0.2, -0.15) is 0 Å². The van der Waals surface area contributed by atoms with Crippen LogP contribution in [0.5, 0.6) is 0 Å². The number of thioether (sulfide) groups is 1. The van der Waals surface area contributed by atoms with Gasteiger partial charge in [-0.25, -0.2) is 4.39 Å². The number of carboxylic acid groups (broad SMARTS) is 1. The molecule has 1 N–H and O–H groups in total. The highest BCUT2D eigenvalue weighted by molar-refractivity contribution is 8.14. The number of hydrogen-bond acceptors (Lipinski definition) is 3. The molecule has 0 aliphatic carbocycles. The fraction of sp³-hybridized carbons (Fsp3) is 0.176. The van der Waals surface area contributed by atoms with E-state index in [1.807, 2.05) is 0 Å². The van der Waals surface area contributed by atoms with Crippen molar-refractivity contribution in [1.82, 2.24) is 0 Å². The molecule has 0 bridgehead atoms. The standard InChI is InChI=1S/C17H15FO3S/c1-11(19)22-17(2,16(20)21)13-9-7-12(8-10-13)14-5-3-4-6-15(14)18/h3-10H,1-2H3,(H,20,21). The highest BCUT2D eigenvalue weighted by Gasteiger charge is 2.37. The lowest BCUT2D eigenvalue weighted by molar-refractivity contribution is -0.139. The van der Waals surface area contributed by atoms with Gasteiger partial charge in [0.15, 0.2) is 5.12 Å². The molecular weight excluding hydrogens is 303 g/mol. The van der Waals surface area contributed by atoms with Crippen molar-refractivity contribution in [3.63, 3.8) is 0 Å². The molecular formula is C17H15FO3S. The number of rotatable bonds is 4. The smallest absolute Gasteiger partial charge is 0.324 e. The largest absolute Gasteiger partial charge is 0.480 e. The van der Waals surface area contributed by atoms with Gasteiger partial charge in [-0.15, -0.1) is 0 Å². The summed E-state index contributed by atoms with van der Waals surface area (Å²) in [6, 6.07) is 12.9. The Kier molecular flexibility index (Phi) is 4.66. The first kappa shape index (κ1) is 16.2. The lowest BCUT2D eigenvalue weighted by Gasteiger charge is -2.23. The van der Waals surface area contributed by atoms with Crippen LogP contribution in [0.15, 0.2) is 48.5 Å². The van der Waals surface area contributed by atoms with Gasteiger partial charge in [0.2, 0.25) is 0 Å². The van der Waals surface area contributed by atoms with Gasteiger partial charge in [0.05, 0.1) is 0 Å². The summed E-state index contributed by atoms with van der Waals surface area (Å²) < 4.78 is 12.4. The summed E-state index contributed by atoms with van der Waals surface area (Å²) in [6.45, 7) is 2.82. The first-order valence-corrected chi connectivity index (χ1v) is 7.44. The second kappa shape index (κ2) is 6.32. The fourth-order valence-corrected chi connectivity index (χ4v) is 3.09. The topological polar surface area (TPSA) is 54.4 Å². The van der Waals surface area contributed by atoms with Crippen LogP contribution in [0.2, 0.25) is 0 Å². The zero-order valence-corrected chi connectivity index (χ0v) is 13.0. The first-order chi connectivity index (χ1) is 10.3.